The first-order valence-electron chi connectivity index (χ1n) is 11.4. The Morgan fingerprint density at radius 1 is 1.03 bits per heavy atom. The molecule has 0 saturated carbocycles. The lowest BCUT2D eigenvalue weighted by atomic mass is 10.1. The third-order valence-corrected chi connectivity index (χ3v) is 6.80. The summed E-state index contributed by atoms with van der Waals surface area (Å²) in [7, 11) is 1.61. The summed E-state index contributed by atoms with van der Waals surface area (Å²) in [5.41, 5.74) is 2.77. The van der Waals surface area contributed by atoms with Crippen molar-refractivity contribution < 1.29 is 14.3 Å². The van der Waals surface area contributed by atoms with Gasteiger partial charge in [-0.2, -0.15) is 5.26 Å². The van der Waals surface area contributed by atoms with Crippen LogP contribution in [0.5, 0.6) is 5.75 Å². The number of anilines is 1. The summed E-state index contributed by atoms with van der Waals surface area (Å²) in [6.45, 7) is 4.02. The molecule has 0 aromatic heterocycles. The standard InChI is InChI=1S/C26H27N5O3S/c1-3-28-26(33)30-15-13-29(14-16-30)24(32)22(17-27)25-31(20-9-11-21(34-2)12-10-20)23(18-35-25)19-7-5-4-6-8-19/h4-12,18H,3,13-16H2,1-2H3,(H,28,33)/b25-22-. The van der Waals surface area contributed by atoms with Crippen LogP contribution >= 0.6 is 11.8 Å². The van der Waals surface area contributed by atoms with E-state index >= 15 is 0 Å². The number of rotatable bonds is 5. The predicted molar refractivity (Wildman–Crippen MR) is 137 cm³/mol. The molecule has 2 aromatic carbocycles. The van der Waals surface area contributed by atoms with Gasteiger partial charge in [0.15, 0.2) is 0 Å². The third-order valence-electron chi connectivity index (χ3n) is 5.85. The van der Waals surface area contributed by atoms with Crippen LogP contribution in [-0.2, 0) is 4.79 Å². The minimum absolute atomic E-state index is 0.0828. The second kappa shape index (κ2) is 11.0. The summed E-state index contributed by atoms with van der Waals surface area (Å²) in [6.07, 6.45) is 0. The highest BCUT2D eigenvalue weighted by molar-refractivity contribution is 8.06. The summed E-state index contributed by atoms with van der Waals surface area (Å²) in [4.78, 5) is 30.9. The van der Waals surface area contributed by atoms with Crippen LogP contribution < -0.4 is 15.0 Å². The van der Waals surface area contributed by atoms with Crippen LogP contribution in [0.15, 0.2) is 70.6 Å². The second-order valence-electron chi connectivity index (χ2n) is 7.93. The second-order valence-corrected chi connectivity index (χ2v) is 8.79. The maximum atomic E-state index is 13.5. The Hall–Kier alpha value is -3.90. The molecule has 0 atom stereocenters. The molecule has 3 amide bonds. The van der Waals surface area contributed by atoms with Crippen molar-refractivity contribution in [2.75, 3.05) is 44.7 Å². The number of ether oxygens (including phenoxy) is 1. The van der Waals surface area contributed by atoms with E-state index < -0.39 is 0 Å². The van der Waals surface area contributed by atoms with Crippen molar-refractivity contribution in [3.8, 4) is 11.8 Å². The van der Waals surface area contributed by atoms with Crippen molar-refractivity contribution in [3.63, 3.8) is 0 Å². The Balaban J connectivity index is 1.64. The molecule has 2 aliphatic rings. The van der Waals surface area contributed by atoms with Crippen molar-refractivity contribution in [1.82, 2.24) is 15.1 Å². The number of hydrogen-bond acceptors (Lipinski definition) is 6. The lowest BCUT2D eigenvalue weighted by molar-refractivity contribution is -0.128. The molecule has 0 aliphatic carbocycles. The van der Waals surface area contributed by atoms with Crippen LogP contribution in [0.3, 0.4) is 0 Å². The van der Waals surface area contributed by atoms with Crippen LogP contribution in [0.4, 0.5) is 10.5 Å². The largest absolute Gasteiger partial charge is 0.497 e. The Morgan fingerprint density at radius 3 is 2.29 bits per heavy atom. The van der Waals surface area contributed by atoms with Gasteiger partial charge in [0.25, 0.3) is 5.91 Å². The molecule has 1 fully saturated rings. The van der Waals surface area contributed by atoms with Gasteiger partial charge in [0, 0.05) is 43.8 Å². The third kappa shape index (κ3) is 5.12. The highest BCUT2D eigenvalue weighted by Crippen LogP contribution is 2.45. The molecule has 35 heavy (non-hydrogen) atoms. The zero-order chi connectivity index (χ0) is 24.8. The molecule has 0 radical (unpaired) electrons. The molecular weight excluding hydrogens is 462 g/mol. The molecule has 0 unspecified atom stereocenters. The van der Waals surface area contributed by atoms with Crippen molar-refractivity contribution in [2.45, 2.75) is 6.92 Å². The minimum atomic E-state index is -0.327. The van der Waals surface area contributed by atoms with E-state index in [0.717, 1.165) is 22.7 Å². The molecule has 1 N–H and O–H groups in total. The van der Waals surface area contributed by atoms with Gasteiger partial charge < -0.3 is 24.8 Å². The number of piperazine rings is 1. The van der Waals surface area contributed by atoms with Gasteiger partial charge in [-0.3, -0.25) is 4.79 Å². The zero-order valence-electron chi connectivity index (χ0n) is 19.7. The van der Waals surface area contributed by atoms with Crippen LogP contribution in [-0.4, -0.2) is 61.6 Å². The smallest absolute Gasteiger partial charge is 0.317 e. The Labute approximate surface area is 209 Å². The maximum Gasteiger partial charge on any atom is 0.317 e. The molecule has 180 valence electrons. The first-order chi connectivity index (χ1) is 17.1. The fourth-order valence-electron chi connectivity index (χ4n) is 4.01. The van der Waals surface area contributed by atoms with Gasteiger partial charge in [0.2, 0.25) is 0 Å². The molecule has 8 nitrogen and oxygen atoms in total. The Morgan fingerprint density at radius 2 is 1.69 bits per heavy atom. The van der Waals surface area contributed by atoms with Crippen LogP contribution in [0, 0.1) is 11.3 Å². The first-order valence-corrected chi connectivity index (χ1v) is 12.3. The molecule has 0 bridgehead atoms. The molecular formula is C26H27N5O3S. The summed E-state index contributed by atoms with van der Waals surface area (Å²) in [6, 6.07) is 19.4. The van der Waals surface area contributed by atoms with Crippen molar-refractivity contribution in [2.24, 2.45) is 0 Å². The Kier molecular flexibility index (Phi) is 7.63. The molecule has 4 rings (SSSR count). The van der Waals surface area contributed by atoms with E-state index in [4.69, 9.17) is 4.74 Å². The van der Waals surface area contributed by atoms with Crippen molar-refractivity contribution in [3.05, 3.63) is 76.2 Å². The number of nitrogens with one attached hydrogen (secondary N) is 1. The number of nitriles is 1. The first kappa shape index (κ1) is 24.2. The molecule has 2 aromatic rings. The fraction of sp³-hybridized carbons (Fsp3) is 0.269. The number of benzene rings is 2. The quantitative estimate of drug-likeness (QED) is 0.507. The van der Waals surface area contributed by atoms with E-state index in [9.17, 15) is 14.9 Å². The van der Waals surface area contributed by atoms with E-state index in [1.54, 1.807) is 16.9 Å². The van der Waals surface area contributed by atoms with Gasteiger partial charge >= 0.3 is 6.03 Å². The zero-order valence-corrected chi connectivity index (χ0v) is 20.5. The SMILES string of the molecule is CCNC(=O)N1CCN(C(=O)/C(C#N)=C2\SC=C(c3ccccc3)N2c2ccc(OC)cc2)CC1. The summed E-state index contributed by atoms with van der Waals surface area (Å²) < 4.78 is 5.30. The van der Waals surface area contributed by atoms with Gasteiger partial charge in [0.05, 0.1) is 12.8 Å². The average molecular weight is 490 g/mol. The molecule has 1 saturated heterocycles. The minimum Gasteiger partial charge on any atom is -0.497 e. The van der Waals surface area contributed by atoms with Crippen molar-refractivity contribution in [1.29, 1.82) is 5.26 Å². The predicted octanol–water partition coefficient (Wildman–Crippen LogP) is 3.86. The van der Waals surface area contributed by atoms with Gasteiger partial charge in [-0.25, -0.2) is 4.79 Å². The average Bonchev–Trinajstić information content (AvgIpc) is 3.34. The van der Waals surface area contributed by atoms with Gasteiger partial charge in [0.1, 0.15) is 22.4 Å². The van der Waals surface area contributed by atoms with Gasteiger partial charge in [-0.05, 0) is 36.8 Å². The van der Waals surface area contributed by atoms with Gasteiger partial charge in [-0.1, -0.05) is 42.1 Å². The summed E-state index contributed by atoms with van der Waals surface area (Å²) >= 11 is 1.36. The van der Waals surface area contributed by atoms with E-state index in [0.29, 0.717) is 37.8 Å². The molecule has 9 heteroatoms. The van der Waals surface area contributed by atoms with Crippen LogP contribution in [0.1, 0.15) is 12.5 Å². The van der Waals surface area contributed by atoms with E-state index in [2.05, 4.69) is 11.4 Å². The topological polar surface area (TPSA) is 88.9 Å². The number of urea groups is 1. The maximum absolute atomic E-state index is 13.5. The van der Waals surface area contributed by atoms with Crippen LogP contribution in [0.2, 0.25) is 0 Å². The monoisotopic (exact) mass is 489 g/mol. The molecule has 2 heterocycles. The fourth-order valence-corrected chi connectivity index (χ4v) is 5.04. The van der Waals surface area contributed by atoms with Crippen molar-refractivity contribution >= 4 is 35.1 Å². The number of methoxy groups -OCH3 is 1. The highest BCUT2D eigenvalue weighted by atomic mass is 32.2. The number of carbonyl (C=O) groups is 2. The van der Waals surface area contributed by atoms with Gasteiger partial charge in [-0.15, -0.1) is 0 Å². The Bertz CT molecular complexity index is 1180. The number of thioether (sulfide) groups is 1. The number of amides is 3. The number of hydrogen-bond donors (Lipinski definition) is 1. The van der Waals surface area contributed by atoms with E-state index in [-0.39, 0.29) is 17.5 Å². The summed E-state index contributed by atoms with van der Waals surface area (Å²) in [5, 5.41) is 15.4. The summed E-state index contributed by atoms with van der Waals surface area (Å²) in [5.74, 6) is 0.393. The number of nitrogens with zero attached hydrogens (tertiary/aromatic N) is 4. The number of carbonyl (C=O) groups excluding carboxylic acids is 2. The van der Waals surface area contributed by atoms with E-state index in [1.807, 2.05) is 71.8 Å². The molecule has 0 spiro atoms. The lowest BCUT2D eigenvalue weighted by Gasteiger charge is -2.35. The van der Waals surface area contributed by atoms with E-state index in [1.165, 1.54) is 11.8 Å². The van der Waals surface area contributed by atoms with Crippen LogP contribution in [0.25, 0.3) is 5.70 Å². The lowest BCUT2D eigenvalue weighted by Crippen LogP contribution is -2.53. The molecule has 2 aliphatic heterocycles. The normalized spacial score (nSPS) is 16.9. The highest BCUT2D eigenvalue weighted by Gasteiger charge is 2.33.